The molecule has 0 radical (unpaired) electrons. The second-order valence-corrected chi connectivity index (χ2v) is 4.27. The minimum absolute atomic E-state index is 0.534. The molecular formula is C10H13NS. The molecule has 1 atom stereocenters. The molecule has 1 aromatic rings. The Morgan fingerprint density at radius 3 is 2.92 bits per heavy atom. The van der Waals surface area contributed by atoms with Crippen LogP contribution >= 0.6 is 11.8 Å². The van der Waals surface area contributed by atoms with Crippen molar-refractivity contribution in [2.24, 2.45) is 0 Å². The quantitative estimate of drug-likeness (QED) is 0.710. The van der Waals surface area contributed by atoms with Gasteiger partial charge in [-0.2, -0.15) is 0 Å². The highest BCUT2D eigenvalue weighted by molar-refractivity contribution is 7.99. The highest BCUT2D eigenvalue weighted by Crippen LogP contribution is 2.31. The molecule has 2 heteroatoms. The Balaban J connectivity index is 2.26. The van der Waals surface area contributed by atoms with Gasteiger partial charge in [0.05, 0.1) is 5.37 Å². The largest absolute Gasteiger partial charge is 0.301 e. The fraction of sp³-hybridized carbons (Fsp3) is 0.400. The van der Waals surface area contributed by atoms with Crippen molar-refractivity contribution in [2.75, 3.05) is 12.3 Å². The van der Waals surface area contributed by atoms with Gasteiger partial charge < -0.3 is 5.32 Å². The summed E-state index contributed by atoms with van der Waals surface area (Å²) >= 11 is 2.00. The lowest BCUT2D eigenvalue weighted by Gasteiger charge is -2.12. The molecule has 1 N–H and O–H groups in total. The maximum Gasteiger partial charge on any atom is 0.0792 e. The first-order valence-electron chi connectivity index (χ1n) is 4.28. The molecule has 0 bridgehead atoms. The van der Waals surface area contributed by atoms with Crippen LogP contribution in [0.1, 0.15) is 16.5 Å². The van der Waals surface area contributed by atoms with Gasteiger partial charge in [0.1, 0.15) is 0 Å². The predicted molar refractivity (Wildman–Crippen MR) is 54.4 cm³/mol. The summed E-state index contributed by atoms with van der Waals surface area (Å²) in [5.74, 6) is 1.24. The molecule has 0 amide bonds. The molecule has 0 aliphatic carbocycles. The normalized spacial score (nSPS) is 22.9. The van der Waals surface area contributed by atoms with Gasteiger partial charge in [0.15, 0.2) is 0 Å². The van der Waals surface area contributed by atoms with Gasteiger partial charge in [-0.25, -0.2) is 0 Å². The van der Waals surface area contributed by atoms with Crippen molar-refractivity contribution in [3.8, 4) is 0 Å². The molecule has 1 aliphatic heterocycles. The van der Waals surface area contributed by atoms with Crippen LogP contribution in [0.15, 0.2) is 24.3 Å². The minimum atomic E-state index is 0.534. The van der Waals surface area contributed by atoms with E-state index in [1.807, 2.05) is 11.8 Å². The van der Waals surface area contributed by atoms with Gasteiger partial charge in [0.25, 0.3) is 0 Å². The molecule has 0 spiro atoms. The number of rotatable bonds is 1. The summed E-state index contributed by atoms with van der Waals surface area (Å²) in [5, 5.41) is 4.01. The fourth-order valence-corrected chi connectivity index (χ4v) is 2.66. The SMILES string of the molecule is Cc1ccccc1[C@@H]1NCCS1. The lowest BCUT2D eigenvalue weighted by atomic mass is 10.1. The van der Waals surface area contributed by atoms with Crippen molar-refractivity contribution in [1.29, 1.82) is 0 Å². The molecule has 0 unspecified atom stereocenters. The van der Waals surface area contributed by atoms with Gasteiger partial charge in [-0.3, -0.25) is 0 Å². The first-order chi connectivity index (χ1) is 5.88. The van der Waals surface area contributed by atoms with Crippen molar-refractivity contribution >= 4 is 11.8 Å². The first kappa shape index (κ1) is 8.14. The van der Waals surface area contributed by atoms with Crippen molar-refractivity contribution < 1.29 is 0 Å². The van der Waals surface area contributed by atoms with Crippen molar-refractivity contribution in [1.82, 2.24) is 5.32 Å². The summed E-state index contributed by atoms with van der Waals surface area (Å²) in [6.07, 6.45) is 0. The van der Waals surface area contributed by atoms with Gasteiger partial charge in [-0.05, 0) is 18.1 Å². The summed E-state index contributed by atoms with van der Waals surface area (Å²) in [5.41, 5.74) is 2.84. The Kier molecular flexibility index (Phi) is 2.38. The molecule has 0 aromatic heterocycles. The molecule has 1 aliphatic rings. The summed E-state index contributed by atoms with van der Waals surface area (Å²) in [4.78, 5) is 0. The fourth-order valence-electron chi connectivity index (χ4n) is 1.51. The average Bonchev–Trinajstić information content (AvgIpc) is 2.57. The molecule has 12 heavy (non-hydrogen) atoms. The summed E-state index contributed by atoms with van der Waals surface area (Å²) in [7, 11) is 0. The minimum Gasteiger partial charge on any atom is -0.301 e. The van der Waals surface area contributed by atoms with E-state index in [4.69, 9.17) is 0 Å². The Morgan fingerprint density at radius 1 is 1.42 bits per heavy atom. The molecule has 1 saturated heterocycles. The number of thioether (sulfide) groups is 1. The van der Waals surface area contributed by atoms with Crippen LogP contribution in [0.5, 0.6) is 0 Å². The topological polar surface area (TPSA) is 12.0 Å². The number of aryl methyl sites for hydroxylation is 1. The van der Waals surface area contributed by atoms with E-state index >= 15 is 0 Å². The zero-order chi connectivity index (χ0) is 8.39. The summed E-state index contributed by atoms with van der Waals surface area (Å²) in [6, 6.07) is 8.60. The Morgan fingerprint density at radius 2 is 2.25 bits per heavy atom. The molecule has 64 valence electrons. The van der Waals surface area contributed by atoms with Gasteiger partial charge in [-0.1, -0.05) is 24.3 Å². The second-order valence-electron chi connectivity index (χ2n) is 3.06. The van der Waals surface area contributed by atoms with E-state index in [-0.39, 0.29) is 0 Å². The van der Waals surface area contributed by atoms with Crippen molar-refractivity contribution in [3.05, 3.63) is 35.4 Å². The van der Waals surface area contributed by atoms with E-state index in [1.54, 1.807) is 0 Å². The van der Waals surface area contributed by atoms with Gasteiger partial charge in [0, 0.05) is 12.3 Å². The smallest absolute Gasteiger partial charge is 0.0792 e. The van der Waals surface area contributed by atoms with Crippen molar-refractivity contribution in [2.45, 2.75) is 12.3 Å². The summed E-state index contributed by atoms with van der Waals surface area (Å²) < 4.78 is 0. The zero-order valence-electron chi connectivity index (χ0n) is 7.21. The third-order valence-corrected chi connectivity index (χ3v) is 3.38. The van der Waals surface area contributed by atoms with Gasteiger partial charge in [0.2, 0.25) is 0 Å². The molecule has 1 fully saturated rings. The van der Waals surface area contributed by atoms with E-state index in [0.717, 1.165) is 6.54 Å². The lowest BCUT2D eigenvalue weighted by molar-refractivity contribution is 0.747. The van der Waals surface area contributed by atoms with Gasteiger partial charge in [-0.15, -0.1) is 11.8 Å². The van der Waals surface area contributed by atoms with E-state index in [9.17, 15) is 0 Å². The molecule has 0 saturated carbocycles. The van der Waals surface area contributed by atoms with Crippen LogP contribution in [0.4, 0.5) is 0 Å². The molecule has 1 aromatic carbocycles. The number of hydrogen-bond acceptors (Lipinski definition) is 2. The Hall–Kier alpha value is -0.470. The number of hydrogen-bond donors (Lipinski definition) is 1. The monoisotopic (exact) mass is 179 g/mol. The molecule has 1 nitrogen and oxygen atoms in total. The maximum atomic E-state index is 3.48. The van der Waals surface area contributed by atoms with Crippen LogP contribution < -0.4 is 5.32 Å². The Bertz CT molecular complexity index is 266. The number of benzene rings is 1. The summed E-state index contributed by atoms with van der Waals surface area (Å²) in [6.45, 7) is 3.32. The Labute approximate surface area is 77.6 Å². The maximum absolute atomic E-state index is 3.48. The van der Waals surface area contributed by atoms with Crippen LogP contribution in [0.25, 0.3) is 0 Å². The third-order valence-electron chi connectivity index (χ3n) is 2.19. The lowest BCUT2D eigenvalue weighted by Crippen LogP contribution is -2.12. The van der Waals surface area contributed by atoms with E-state index in [1.165, 1.54) is 16.9 Å². The molecule has 1 heterocycles. The first-order valence-corrected chi connectivity index (χ1v) is 5.33. The van der Waals surface area contributed by atoms with Crippen LogP contribution in [0.2, 0.25) is 0 Å². The number of nitrogens with one attached hydrogen (secondary N) is 1. The predicted octanol–water partition coefficient (Wildman–Crippen LogP) is 2.33. The van der Waals surface area contributed by atoms with Crippen LogP contribution in [0.3, 0.4) is 0 Å². The van der Waals surface area contributed by atoms with E-state index in [2.05, 4.69) is 36.5 Å². The molecule has 2 rings (SSSR count). The van der Waals surface area contributed by atoms with Gasteiger partial charge >= 0.3 is 0 Å². The zero-order valence-corrected chi connectivity index (χ0v) is 8.03. The molecular weight excluding hydrogens is 166 g/mol. The highest BCUT2D eigenvalue weighted by Gasteiger charge is 2.17. The highest BCUT2D eigenvalue weighted by atomic mass is 32.2. The van der Waals surface area contributed by atoms with E-state index in [0.29, 0.717) is 5.37 Å². The van der Waals surface area contributed by atoms with Crippen LogP contribution in [-0.4, -0.2) is 12.3 Å². The van der Waals surface area contributed by atoms with Crippen LogP contribution in [0, 0.1) is 6.92 Å². The third kappa shape index (κ3) is 1.50. The van der Waals surface area contributed by atoms with Crippen LogP contribution in [-0.2, 0) is 0 Å². The standard InChI is InChI=1S/C10H13NS/c1-8-4-2-3-5-9(8)10-11-6-7-12-10/h2-5,10-11H,6-7H2,1H3/t10-/m1/s1. The van der Waals surface area contributed by atoms with E-state index < -0.39 is 0 Å². The average molecular weight is 179 g/mol. The second kappa shape index (κ2) is 3.50. The van der Waals surface area contributed by atoms with Crippen molar-refractivity contribution in [3.63, 3.8) is 0 Å².